The number of imidazole rings is 1. The minimum absolute atomic E-state index is 0.0462. The summed E-state index contributed by atoms with van der Waals surface area (Å²) >= 11 is 13.7. The van der Waals surface area contributed by atoms with Crippen LogP contribution in [0, 0.1) is 0 Å². The van der Waals surface area contributed by atoms with Crippen molar-refractivity contribution < 1.29 is 27.9 Å². The number of carbonyl (C=O) groups is 3. The summed E-state index contributed by atoms with van der Waals surface area (Å²) < 4.78 is 32.3. The number of benzene rings is 2. The number of hydrogen-bond acceptors (Lipinski definition) is 7. The predicted octanol–water partition coefficient (Wildman–Crippen LogP) is 6.49. The van der Waals surface area contributed by atoms with E-state index in [0.717, 1.165) is 50.3 Å². The number of aromatic nitrogens is 3. The van der Waals surface area contributed by atoms with Crippen molar-refractivity contribution in [2.24, 2.45) is 7.05 Å². The molecule has 14 heteroatoms. The lowest BCUT2D eigenvalue weighted by molar-refractivity contribution is -0.130. The number of hydrogen-bond donors (Lipinski definition) is 1. The molecule has 2 aromatic carbocycles. The van der Waals surface area contributed by atoms with Crippen LogP contribution in [0.1, 0.15) is 52.1 Å². The fourth-order valence-electron chi connectivity index (χ4n) is 6.45. The Morgan fingerprint density at radius 3 is 2.52 bits per heavy atom. The minimum Gasteiger partial charge on any atom is -0.434 e. The van der Waals surface area contributed by atoms with Gasteiger partial charge in [-0.3, -0.25) is 24.3 Å². The molecule has 0 spiro atoms. The molecule has 2 amide bonds. The summed E-state index contributed by atoms with van der Waals surface area (Å²) in [6.07, 6.45) is 4.49. The maximum Gasteiger partial charge on any atom is 0.387 e. The number of amides is 2. The smallest absolute Gasteiger partial charge is 0.387 e. The third kappa shape index (κ3) is 6.65. The van der Waals surface area contributed by atoms with Gasteiger partial charge in [0, 0.05) is 81.2 Å². The maximum absolute atomic E-state index is 13.6. The zero-order valence-electron chi connectivity index (χ0n) is 26.2. The van der Waals surface area contributed by atoms with Crippen LogP contribution in [0.5, 0.6) is 5.75 Å². The Bertz CT molecular complexity index is 1890. The molecule has 0 aliphatic carbocycles. The highest BCUT2D eigenvalue weighted by molar-refractivity contribution is 6.39. The van der Waals surface area contributed by atoms with Gasteiger partial charge in [0.05, 0.1) is 32.7 Å². The van der Waals surface area contributed by atoms with Crippen LogP contribution in [0.4, 0.5) is 14.5 Å². The molecule has 2 aromatic heterocycles. The highest BCUT2D eigenvalue weighted by atomic mass is 35.5. The SMILES string of the molecule is CC(=O)N1CCC(N2CCc3c(nc(C(=O)Nc4cccc(-c5ccnc(-c6ccc(C=O)c(OC(F)F)c6)c5Cl)c4Cl)n3C)C2)CC1. The van der Waals surface area contributed by atoms with E-state index in [1.54, 1.807) is 31.2 Å². The van der Waals surface area contributed by atoms with Crippen molar-refractivity contribution in [2.75, 3.05) is 25.0 Å². The molecule has 1 saturated heterocycles. The number of nitrogens with zero attached hydrogens (tertiary/aromatic N) is 5. The summed E-state index contributed by atoms with van der Waals surface area (Å²) in [6.45, 7) is 1.46. The predicted molar refractivity (Wildman–Crippen MR) is 178 cm³/mol. The van der Waals surface area contributed by atoms with E-state index in [-0.39, 0.29) is 38.8 Å². The zero-order valence-corrected chi connectivity index (χ0v) is 27.7. The molecular formula is C34H32Cl2F2N6O4. The third-order valence-electron chi connectivity index (χ3n) is 8.97. The summed E-state index contributed by atoms with van der Waals surface area (Å²) in [7, 11) is 1.83. The Hall–Kier alpha value is -4.39. The van der Waals surface area contributed by atoms with E-state index >= 15 is 0 Å². The van der Waals surface area contributed by atoms with Crippen molar-refractivity contribution in [3.63, 3.8) is 0 Å². The van der Waals surface area contributed by atoms with Gasteiger partial charge in [-0.15, -0.1) is 0 Å². The van der Waals surface area contributed by atoms with Gasteiger partial charge in [0.15, 0.2) is 12.1 Å². The number of carbonyl (C=O) groups excluding carboxylic acids is 3. The molecular weight excluding hydrogens is 665 g/mol. The summed E-state index contributed by atoms with van der Waals surface area (Å²) in [5, 5.41) is 3.30. The van der Waals surface area contributed by atoms with Crippen LogP contribution >= 0.6 is 23.2 Å². The first-order valence-electron chi connectivity index (χ1n) is 15.4. The number of aldehydes is 1. The van der Waals surface area contributed by atoms with Crippen molar-refractivity contribution in [2.45, 2.75) is 45.4 Å². The standard InChI is InChI=1S/C34H32Cl2F2N6O4/c1-19(46)43-13-9-22(10-14-43)44-15-11-27-26(17-44)40-32(42(27)2)33(47)41-25-5-3-4-23(29(25)35)24-8-12-39-31(30(24)36)20-6-7-21(18-45)28(16-20)48-34(37)38/h3-8,12,16,18,22,34H,9-11,13-15,17H2,1-2H3,(H,41,47). The fourth-order valence-corrected chi connectivity index (χ4v) is 7.05. The van der Waals surface area contributed by atoms with Crippen LogP contribution in [0.3, 0.4) is 0 Å². The van der Waals surface area contributed by atoms with Crippen molar-refractivity contribution in [3.8, 4) is 28.1 Å². The Balaban J connectivity index is 1.22. The summed E-state index contributed by atoms with van der Waals surface area (Å²) in [4.78, 5) is 50.0. The van der Waals surface area contributed by atoms with E-state index in [1.807, 2.05) is 16.5 Å². The number of fused-ring (bicyclic) bond motifs is 1. The normalized spacial score (nSPS) is 15.4. The average molecular weight is 698 g/mol. The monoisotopic (exact) mass is 696 g/mol. The van der Waals surface area contributed by atoms with Crippen molar-refractivity contribution in [1.82, 2.24) is 24.3 Å². The number of likely N-dealkylation sites (tertiary alicyclic amines) is 1. The van der Waals surface area contributed by atoms with Crippen LogP contribution in [0.25, 0.3) is 22.4 Å². The molecule has 0 atom stereocenters. The van der Waals surface area contributed by atoms with Gasteiger partial charge in [0.25, 0.3) is 5.91 Å². The van der Waals surface area contributed by atoms with Gasteiger partial charge in [0.1, 0.15) is 5.75 Å². The van der Waals surface area contributed by atoms with Crippen LogP contribution in [0.2, 0.25) is 10.0 Å². The molecule has 4 aromatic rings. The zero-order chi connectivity index (χ0) is 34.1. The molecule has 4 heterocycles. The highest BCUT2D eigenvalue weighted by Crippen LogP contribution is 2.41. The third-order valence-corrected chi connectivity index (χ3v) is 9.76. The van der Waals surface area contributed by atoms with E-state index < -0.39 is 12.5 Å². The van der Waals surface area contributed by atoms with Gasteiger partial charge in [-0.2, -0.15) is 8.78 Å². The Morgan fingerprint density at radius 1 is 1.06 bits per heavy atom. The molecule has 1 fully saturated rings. The number of alkyl halides is 2. The average Bonchev–Trinajstić information content (AvgIpc) is 3.41. The second kappa shape index (κ2) is 14.0. The first-order valence-corrected chi connectivity index (χ1v) is 16.1. The summed E-state index contributed by atoms with van der Waals surface area (Å²) in [6, 6.07) is 11.3. The van der Waals surface area contributed by atoms with Crippen LogP contribution in [-0.4, -0.2) is 74.7 Å². The second-order valence-electron chi connectivity index (χ2n) is 11.7. The Morgan fingerprint density at radius 2 is 1.81 bits per heavy atom. The van der Waals surface area contributed by atoms with E-state index in [0.29, 0.717) is 41.3 Å². The molecule has 48 heavy (non-hydrogen) atoms. The van der Waals surface area contributed by atoms with Crippen LogP contribution in [0.15, 0.2) is 48.7 Å². The number of piperidine rings is 1. The summed E-state index contributed by atoms with van der Waals surface area (Å²) in [5.41, 5.74) is 3.77. The van der Waals surface area contributed by atoms with Gasteiger partial charge in [-0.05, 0) is 37.1 Å². The number of halogens is 4. The molecule has 2 aliphatic heterocycles. The number of anilines is 1. The molecule has 0 saturated carbocycles. The molecule has 250 valence electrons. The van der Waals surface area contributed by atoms with E-state index in [4.69, 9.17) is 28.2 Å². The second-order valence-corrected chi connectivity index (χ2v) is 12.5. The van der Waals surface area contributed by atoms with Crippen molar-refractivity contribution >= 4 is 47.0 Å². The van der Waals surface area contributed by atoms with Gasteiger partial charge in [-0.1, -0.05) is 41.4 Å². The number of pyridine rings is 1. The van der Waals surface area contributed by atoms with Crippen LogP contribution < -0.4 is 10.1 Å². The first kappa shape index (κ1) is 33.5. The number of nitrogens with one attached hydrogen (secondary N) is 1. The molecule has 0 radical (unpaired) electrons. The number of ether oxygens (including phenoxy) is 1. The topological polar surface area (TPSA) is 110 Å². The lowest BCUT2D eigenvalue weighted by Gasteiger charge is -2.39. The van der Waals surface area contributed by atoms with E-state index in [9.17, 15) is 23.2 Å². The van der Waals surface area contributed by atoms with Crippen molar-refractivity contribution in [1.29, 1.82) is 0 Å². The van der Waals surface area contributed by atoms with E-state index in [1.165, 1.54) is 24.4 Å². The van der Waals surface area contributed by atoms with Crippen LogP contribution in [-0.2, 0) is 24.8 Å². The van der Waals surface area contributed by atoms with E-state index in [2.05, 4.69) is 19.9 Å². The lowest BCUT2D eigenvalue weighted by Crippen LogP contribution is -2.47. The quantitative estimate of drug-likeness (QED) is 0.210. The minimum atomic E-state index is -3.13. The first-order chi connectivity index (χ1) is 23.0. The molecule has 0 bridgehead atoms. The molecule has 2 aliphatic rings. The lowest BCUT2D eigenvalue weighted by atomic mass is 10.00. The Labute approximate surface area is 285 Å². The van der Waals surface area contributed by atoms with Gasteiger partial charge >= 0.3 is 6.61 Å². The van der Waals surface area contributed by atoms with Crippen molar-refractivity contribution in [3.05, 3.63) is 81.5 Å². The maximum atomic E-state index is 13.6. The molecule has 6 rings (SSSR count). The van der Waals surface area contributed by atoms with Gasteiger partial charge < -0.3 is 19.5 Å². The largest absolute Gasteiger partial charge is 0.434 e. The Kier molecular flexibility index (Phi) is 9.77. The summed E-state index contributed by atoms with van der Waals surface area (Å²) in [5.74, 6) is -0.354. The highest BCUT2D eigenvalue weighted by Gasteiger charge is 2.31. The molecule has 1 N–H and O–H groups in total. The van der Waals surface area contributed by atoms with Gasteiger partial charge in [0.2, 0.25) is 5.91 Å². The molecule has 10 nitrogen and oxygen atoms in total. The molecule has 0 unspecified atom stereocenters. The fraction of sp³-hybridized carbons (Fsp3) is 0.324. The van der Waals surface area contributed by atoms with Gasteiger partial charge in [-0.25, -0.2) is 4.98 Å². The number of rotatable bonds is 8.